The van der Waals surface area contributed by atoms with Gasteiger partial charge in [-0.2, -0.15) is 0 Å². The SMILES string of the molecule is Cc1[nH]c(C=O)c(C)c1CCC(=O)OC(=O)CCc1c(C)[nH]c(C=C2C(=O)Nc3ccc(I)cc32)c1C. The molecule has 1 aliphatic heterocycles. The quantitative estimate of drug-likeness (QED) is 0.107. The Hall–Kier alpha value is -3.47. The maximum atomic E-state index is 12.6. The van der Waals surface area contributed by atoms with E-state index in [1.54, 1.807) is 0 Å². The average Bonchev–Trinajstić information content (AvgIpc) is 3.41. The number of benzene rings is 1. The van der Waals surface area contributed by atoms with Crippen molar-refractivity contribution in [2.45, 2.75) is 53.4 Å². The molecular formula is C28H28IN3O5. The highest BCUT2D eigenvalue weighted by Gasteiger charge is 2.25. The fourth-order valence-corrected chi connectivity index (χ4v) is 5.26. The van der Waals surface area contributed by atoms with E-state index in [4.69, 9.17) is 4.74 Å². The number of esters is 2. The van der Waals surface area contributed by atoms with Crippen molar-refractivity contribution >= 4 is 64.1 Å². The molecule has 1 aliphatic rings. The third-order valence-electron chi connectivity index (χ3n) is 6.82. The molecule has 3 heterocycles. The number of halogens is 1. The van der Waals surface area contributed by atoms with Gasteiger partial charge in [-0.15, -0.1) is 0 Å². The van der Waals surface area contributed by atoms with E-state index < -0.39 is 11.9 Å². The zero-order valence-corrected chi connectivity index (χ0v) is 23.3. The van der Waals surface area contributed by atoms with Crippen molar-refractivity contribution in [1.82, 2.24) is 9.97 Å². The molecule has 0 bridgehead atoms. The van der Waals surface area contributed by atoms with Gasteiger partial charge in [-0.25, -0.2) is 0 Å². The smallest absolute Gasteiger partial charge is 0.313 e. The van der Waals surface area contributed by atoms with E-state index in [1.807, 2.05) is 52.0 Å². The summed E-state index contributed by atoms with van der Waals surface area (Å²) >= 11 is 2.22. The first-order valence-electron chi connectivity index (χ1n) is 12.0. The molecule has 1 amide bonds. The summed E-state index contributed by atoms with van der Waals surface area (Å²) < 4.78 is 6.07. The van der Waals surface area contributed by atoms with Gasteiger partial charge in [-0.3, -0.25) is 19.2 Å². The predicted molar refractivity (Wildman–Crippen MR) is 149 cm³/mol. The molecule has 0 radical (unpaired) electrons. The molecule has 8 nitrogen and oxygen atoms in total. The predicted octanol–water partition coefficient (Wildman–Crippen LogP) is 5.12. The van der Waals surface area contributed by atoms with Gasteiger partial charge in [0.15, 0.2) is 6.29 Å². The summed E-state index contributed by atoms with van der Waals surface area (Å²) in [6, 6.07) is 5.81. The third kappa shape index (κ3) is 5.61. The molecule has 1 aromatic carbocycles. The van der Waals surface area contributed by atoms with Crippen LogP contribution in [0.2, 0.25) is 0 Å². The van der Waals surface area contributed by atoms with E-state index in [2.05, 4.69) is 37.9 Å². The first-order chi connectivity index (χ1) is 17.6. The molecule has 3 aromatic rings. The fraction of sp³-hybridized carbons (Fsp3) is 0.286. The molecule has 0 saturated heterocycles. The number of aryl methyl sites for hydroxylation is 2. The highest BCUT2D eigenvalue weighted by Crippen LogP contribution is 2.35. The number of hydrogen-bond acceptors (Lipinski definition) is 5. The monoisotopic (exact) mass is 613 g/mol. The third-order valence-corrected chi connectivity index (χ3v) is 7.49. The lowest BCUT2D eigenvalue weighted by Gasteiger charge is -2.05. The van der Waals surface area contributed by atoms with Crippen LogP contribution in [0, 0.1) is 31.3 Å². The Morgan fingerprint density at radius 1 is 0.919 bits per heavy atom. The number of ether oxygens (including phenoxy) is 1. The number of anilines is 1. The number of amides is 1. The van der Waals surface area contributed by atoms with Gasteiger partial charge in [0.05, 0.1) is 24.1 Å². The van der Waals surface area contributed by atoms with Crippen LogP contribution in [-0.4, -0.2) is 34.1 Å². The fourth-order valence-electron chi connectivity index (χ4n) is 4.77. The van der Waals surface area contributed by atoms with Gasteiger partial charge >= 0.3 is 11.9 Å². The number of aldehydes is 1. The van der Waals surface area contributed by atoms with Gasteiger partial charge in [-0.1, -0.05) is 0 Å². The molecule has 0 unspecified atom stereocenters. The highest BCUT2D eigenvalue weighted by atomic mass is 127. The molecule has 0 aliphatic carbocycles. The summed E-state index contributed by atoms with van der Waals surface area (Å²) in [5.41, 5.74) is 8.86. The Morgan fingerprint density at radius 2 is 1.49 bits per heavy atom. The number of aromatic nitrogens is 2. The number of hydrogen-bond donors (Lipinski definition) is 3. The summed E-state index contributed by atoms with van der Waals surface area (Å²) in [5.74, 6) is -1.33. The van der Waals surface area contributed by atoms with Gasteiger partial charge < -0.3 is 20.0 Å². The molecule has 4 rings (SSSR count). The largest absolute Gasteiger partial charge is 0.393 e. The number of aromatic amines is 2. The molecule has 0 atom stereocenters. The zero-order valence-electron chi connectivity index (χ0n) is 21.1. The summed E-state index contributed by atoms with van der Waals surface area (Å²) in [6.45, 7) is 7.53. The lowest BCUT2D eigenvalue weighted by molar-refractivity contribution is -0.159. The van der Waals surface area contributed by atoms with Gasteiger partial charge in [0, 0.05) is 31.9 Å². The summed E-state index contributed by atoms with van der Waals surface area (Å²) in [7, 11) is 0. The number of rotatable bonds is 8. The summed E-state index contributed by atoms with van der Waals surface area (Å²) in [4.78, 5) is 54.6. The molecule has 37 heavy (non-hydrogen) atoms. The van der Waals surface area contributed by atoms with Crippen molar-refractivity contribution < 1.29 is 23.9 Å². The number of nitrogens with one attached hydrogen (secondary N) is 3. The van der Waals surface area contributed by atoms with Gasteiger partial charge in [0.25, 0.3) is 5.91 Å². The second-order valence-electron chi connectivity index (χ2n) is 9.20. The van der Waals surface area contributed by atoms with E-state index in [0.717, 1.165) is 60.4 Å². The van der Waals surface area contributed by atoms with Crippen molar-refractivity contribution in [2.75, 3.05) is 5.32 Å². The molecule has 0 fully saturated rings. The maximum absolute atomic E-state index is 12.6. The Morgan fingerprint density at radius 3 is 2.05 bits per heavy atom. The van der Waals surface area contributed by atoms with Crippen LogP contribution in [0.3, 0.4) is 0 Å². The molecule has 0 saturated carbocycles. The number of carbonyl (C=O) groups is 4. The van der Waals surface area contributed by atoms with Crippen LogP contribution in [0.25, 0.3) is 11.6 Å². The first-order valence-corrected chi connectivity index (χ1v) is 13.0. The standard InChI is InChI=1S/C28H28IN3O5/c1-14-19(6-9-26(34)37-27(35)10-7-20-15(2)25(13-33)31-17(20)4)16(3)30-24(14)12-22-21-11-18(29)5-8-23(21)32-28(22)36/h5,8,11-13,30-31H,6-7,9-10H2,1-4H3,(H,32,36). The van der Waals surface area contributed by atoms with Crippen molar-refractivity contribution in [3.63, 3.8) is 0 Å². The molecule has 0 spiro atoms. The topological polar surface area (TPSA) is 121 Å². The van der Waals surface area contributed by atoms with E-state index in [1.165, 1.54) is 0 Å². The lowest BCUT2D eigenvalue weighted by atomic mass is 10.0. The normalized spacial score (nSPS) is 13.5. The minimum atomic E-state index is -0.592. The molecular weight excluding hydrogens is 585 g/mol. The van der Waals surface area contributed by atoms with Crippen LogP contribution >= 0.6 is 22.6 Å². The van der Waals surface area contributed by atoms with Gasteiger partial charge in [0.1, 0.15) is 0 Å². The first kappa shape index (κ1) is 26.6. The average molecular weight is 613 g/mol. The molecule has 192 valence electrons. The van der Waals surface area contributed by atoms with Crippen LogP contribution < -0.4 is 5.32 Å². The maximum Gasteiger partial charge on any atom is 0.313 e. The minimum Gasteiger partial charge on any atom is -0.393 e. The van der Waals surface area contributed by atoms with E-state index in [9.17, 15) is 19.2 Å². The van der Waals surface area contributed by atoms with Crippen molar-refractivity contribution in [3.8, 4) is 0 Å². The van der Waals surface area contributed by atoms with Crippen LogP contribution in [0.5, 0.6) is 0 Å². The number of carbonyl (C=O) groups excluding carboxylic acids is 4. The van der Waals surface area contributed by atoms with Gasteiger partial charge in [0.2, 0.25) is 0 Å². The van der Waals surface area contributed by atoms with Crippen molar-refractivity contribution in [2.24, 2.45) is 0 Å². The van der Waals surface area contributed by atoms with Crippen LogP contribution in [0.4, 0.5) is 5.69 Å². The second-order valence-corrected chi connectivity index (χ2v) is 10.4. The lowest BCUT2D eigenvalue weighted by Crippen LogP contribution is -2.14. The minimum absolute atomic E-state index is 0.0476. The molecule has 3 N–H and O–H groups in total. The molecule has 2 aromatic heterocycles. The van der Waals surface area contributed by atoms with E-state index in [-0.39, 0.29) is 18.7 Å². The number of fused-ring (bicyclic) bond motifs is 1. The Balaban J connectivity index is 1.38. The van der Waals surface area contributed by atoms with Crippen LogP contribution in [0.15, 0.2) is 18.2 Å². The summed E-state index contributed by atoms with van der Waals surface area (Å²) in [5, 5.41) is 2.89. The van der Waals surface area contributed by atoms with Crippen molar-refractivity contribution in [3.05, 3.63) is 72.4 Å². The van der Waals surface area contributed by atoms with E-state index in [0.29, 0.717) is 24.1 Å². The van der Waals surface area contributed by atoms with Crippen molar-refractivity contribution in [1.29, 1.82) is 0 Å². The van der Waals surface area contributed by atoms with Crippen LogP contribution in [-0.2, 0) is 32.0 Å². The Labute approximate surface area is 228 Å². The van der Waals surface area contributed by atoms with Crippen LogP contribution in [0.1, 0.15) is 68.2 Å². The Bertz CT molecular complexity index is 1460. The van der Waals surface area contributed by atoms with Gasteiger partial charge in [-0.05, 0) is 110 Å². The summed E-state index contributed by atoms with van der Waals surface area (Å²) in [6.07, 6.45) is 3.49. The highest BCUT2D eigenvalue weighted by molar-refractivity contribution is 14.1. The van der Waals surface area contributed by atoms with E-state index >= 15 is 0 Å². The second kappa shape index (κ2) is 10.9. The molecule has 9 heteroatoms. The Kier molecular flexibility index (Phi) is 7.82. The zero-order chi connectivity index (χ0) is 26.9. The number of H-pyrrole nitrogens is 2.